The molecular weight excluding hydrogens is 845 g/mol. The fraction of sp³-hybridized carbons (Fsp3) is 0.104. The average Bonchev–Trinajstić information content (AvgIpc) is 3.88. The Balaban J connectivity index is 0.000000184. The summed E-state index contributed by atoms with van der Waals surface area (Å²) in [6.07, 6.45) is 0. The summed E-state index contributed by atoms with van der Waals surface area (Å²) >= 11 is 6.30. The fourth-order valence-electron chi connectivity index (χ4n) is 6.59. The number of benzene rings is 5. The van der Waals surface area contributed by atoms with Gasteiger partial charge in [-0.05, 0) is 104 Å². The molecule has 9 aromatic rings. The highest BCUT2D eigenvalue weighted by atomic mass is 32.2. The summed E-state index contributed by atoms with van der Waals surface area (Å²) in [6, 6.07) is 47.6. The molecule has 4 aromatic heterocycles. The number of hydrogen-bond acceptors (Lipinski definition) is 13. The van der Waals surface area contributed by atoms with E-state index in [1.54, 1.807) is 4.57 Å². The predicted molar refractivity (Wildman–Crippen MR) is 246 cm³/mol. The lowest BCUT2D eigenvalue weighted by atomic mass is 10.2. The third-order valence-electron chi connectivity index (χ3n) is 9.47. The normalized spacial score (nSPS) is 10.7. The lowest BCUT2D eigenvalue weighted by Crippen LogP contribution is -2.03. The van der Waals surface area contributed by atoms with Crippen LogP contribution in [-0.2, 0) is 11.3 Å². The zero-order valence-electron chi connectivity index (χ0n) is 34.4. The molecule has 4 heterocycles. The Morgan fingerprint density at radius 2 is 1.14 bits per heavy atom. The van der Waals surface area contributed by atoms with Gasteiger partial charge in [0.15, 0.2) is 44.3 Å². The van der Waals surface area contributed by atoms with Crippen molar-refractivity contribution < 1.29 is 19.0 Å². The number of carbonyl (C=O) groups excluding carboxylic acids is 1. The number of fused-ring (bicyclic) bond motifs is 2. The van der Waals surface area contributed by atoms with Crippen molar-refractivity contribution in [1.82, 2.24) is 39.0 Å². The van der Waals surface area contributed by atoms with E-state index in [4.69, 9.17) is 31.4 Å². The van der Waals surface area contributed by atoms with E-state index in [1.165, 1.54) is 0 Å². The van der Waals surface area contributed by atoms with Gasteiger partial charge in [0.05, 0.1) is 13.2 Å². The highest BCUT2D eigenvalue weighted by Gasteiger charge is 2.23. The molecule has 0 radical (unpaired) electrons. The first-order valence-electron chi connectivity index (χ1n) is 20.0. The molecule has 0 saturated carbocycles. The van der Waals surface area contributed by atoms with Gasteiger partial charge in [-0.3, -0.25) is 9.13 Å². The Bertz CT molecular complexity index is 3220. The minimum atomic E-state index is -0.519. The predicted octanol–water partition coefficient (Wildman–Crippen LogP) is 10.6. The van der Waals surface area contributed by atoms with E-state index < -0.39 is 5.30 Å². The molecule has 0 bridgehead atoms. The number of carbonyl (C=O) groups is 1. The molecule has 0 saturated heterocycles. The van der Waals surface area contributed by atoms with Crippen LogP contribution in [0.25, 0.3) is 56.5 Å². The number of thioether (sulfide) groups is 1. The largest absolute Gasteiger partial charge is 0.494 e. The lowest BCUT2D eigenvalue weighted by molar-refractivity contribution is 0.168. The molecule has 16 heteroatoms. The maximum absolute atomic E-state index is 12.7. The second-order valence-corrected chi connectivity index (χ2v) is 14.9. The van der Waals surface area contributed by atoms with Gasteiger partial charge < -0.3 is 19.2 Å². The summed E-state index contributed by atoms with van der Waals surface area (Å²) in [6.45, 7) is 5.16. The van der Waals surface area contributed by atoms with Crippen LogP contribution in [0.15, 0.2) is 145 Å². The van der Waals surface area contributed by atoms with E-state index in [1.807, 2.05) is 158 Å². The van der Waals surface area contributed by atoms with Crippen LogP contribution in [0.2, 0.25) is 0 Å². The summed E-state index contributed by atoms with van der Waals surface area (Å²) < 4.78 is 20.5. The minimum absolute atomic E-state index is 0.114. The number of aromatic amines is 1. The SMILES string of the molecule is CCOc1ccc(-c2nc(C#N)c3[nH]c(=S)n(-c4ccccc4)c3n2)cc1.CCOc1ccc(-c2nc(C#N)c3nc(SC(=O)OCc4ccccc4)n(-c4ccccc4)c3n2)cc1. The van der Waals surface area contributed by atoms with Crippen molar-refractivity contribution >= 4 is 51.6 Å². The van der Waals surface area contributed by atoms with Gasteiger partial charge in [0.25, 0.3) is 0 Å². The van der Waals surface area contributed by atoms with Crippen LogP contribution in [0.3, 0.4) is 0 Å². The molecule has 64 heavy (non-hydrogen) atoms. The fourth-order valence-corrected chi connectivity index (χ4v) is 7.57. The van der Waals surface area contributed by atoms with E-state index >= 15 is 0 Å². The number of rotatable bonds is 11. The Hall–Kier alpha value is -8.18. The minimum Gasteiger partial charge on any atom is -0.494 e. The zero-order valence-corrected chi connectivity index (χ0v) is 36.0. The van der Waals surface area contributed by atoms with E-state index in [0.717, 1.165) is 51.3 Å². The van der Waals surface area contributed by atoms with Crippen molar-refractivity contribution in [3.05, 3.63) is 161 Å². The van der Waals surface area contributed by atoms with Crippen molar-refractivity contribution in [2.45, 2.75) is 25.6 Å². The number of ether oxygens (including phenoxy) is 3. The highest BCUT2D eigenvalue weighted by Crippen LogP contribution is 2.32. The Morgan fingerprint density at radius 1 is 0.641 bits per heavy atom. The van der Waals surface area contributed by atoms with Crippen LogP contribution in [0.4, 0.5) is 4.79 Å². The molecule has 14 nitrogen and oxygen atoms in total. The molecule has 0 aliphatic heterocycles. The van der Waals surface area contributed by atoms with E-state index in [0.29, 0.717) is 57.1 Å². The van der Waals surface area contributed by atoms with Gasteiger partial charge in [-0.1, -0.05) is 66.7 Å². The number of imidazole rings is 2. The van der Waals surface area contributed by atoms with Crippen LogP contribution >= 0.6 is 24.0 Å². The molecule has 0 aliphatic rings. The molecule has 0 aliphatic carbocycles. The van der Waals surface area contributed by atoms with Crippen molar-refractivity contribution in [2.24, 2.45) is 0 Å². The van der Waals surface area contributed by atoms with E-state index in [-0.39, 0.29) is 18.0 Å². The van der Waals surface area contributed by atoms with E-state index in [2.05, 4.69) is 37.1 Å². The standard InChI is InChI=1S/C28H21N5O3S.C20H15N5OS/c1-2-35-22-15-13-20(14-16-22)25-30-23(17-29)24-26(32-25)33(21-11-7-4-8-12-21)27(31-24)37-28(34)36-18-19-9-5-3-6-10-19;1-2-26-15-10-8-13(9-11-15)18-22-16(12-21)17-19(24-18)25(20(27)23-17)14-6-4-3-5-7-14/h3-16H,2,18H2,1H3;3-11H,2H2,1H3,(H,23,27). The number of nitrogens with zero attached hydrogens (tertiary/aromatic N) is 9. The Labute approximate surface area is 376 Å². The first-order chi connectivity index (χ1) is 31.4. The van der Waals surface area contributed by atoms with Crippen LogP contribution in [0, 0.1) is 27.4 Å². The number of nitrogens with one attached hydrogen (secondary N) is 1. The molecule has 314 valence electrons. The highest BCUT2D eigenvalue weighted by molar-refractivity contribution is 8.13. The average molecular weight is 881 g/mol. The van der Waals surface area contributed by atoms with Crippen LogP contribution in [-0.4, -0.2) is 57.6 Å². The first-order valence-corrected chi connectivity index (χ1v) is 21.2. The quantitative estimate of drug-likeness (QED) is 0.0736. The second-order valence-electron chi connectivity index (χ2n) is 13.6. The monoisotopic (exact) mass is 880 g/mol. The van der Waals surface area contributed by atoms with Gasteiger partial charge in [-0.15, -0.1) is 0 Å². The summed E-state index contributed by atoms with van der Waals surface area (Å²) in [4.78, 5) is 38.7. The van der Waals surface area contributed by atoms with Crippen molar-refractivity contribution in [1.29, 1.82) is 10.5 Å². The van der Waals surface area contributed by atoms with Gasteiger partial charge >= 0.3 is 5.30 Å². The van der Waals surface area contributed by atoms with Crippen LogP contribution in [0.1, 0.15) is 30.8 Å². The summed E-state index contributed by atoms with van der Waals surface area (Å²) in [7, 11) is 0. The molecule has 9 rings (SSSR count). The number of nitriles is 2. The molecule has 0 atom stereocenters. The summed E-state index contributed by atoms with van der Waals surface area (Å²) in [5.41, 5.74) is 6.20. The zero-order chi connectivity index (χ0) is 44.4. The second kappa shape index (κ2) is 19.7. The van der Waals surface area contributed by atoms with Gasteiger partial charge in [0.1, 0.15) is 41.3 Å². The molecule has 0 amide bonds. The van der Waals surface area contributed by atoms with Gasteiger partial charge in [0, 0.05) is 34.3 Å². The van der Waals surface area contributed by atoms with Gasteiger partial charge in [-0.2, -0.15) is 10.5 Å². The third-order valence-corrected chi connectivity index (χ3v) is 10.5. The molecule has 0 fully saturated rings. The number of para-hydroxylation sites is 2. The Morgan fingerprint density at radius 3 is 1.67 bits per heavy atom. The number of H-pyrrole nitrogens is 1. The topological polar surface area (TPSA) is 182 Å². The molecular formula is C48H36N10O4S2. The smallest absolute Gasteiger partial charge is 0.375 e. The Kier molecular flexibility index (Phi) is 13.1. The van der Waals surface area contributed by atoms with Crippen molar-refractivity contribution in [2.75, 3.05) is 13.2 Å². The first kappa shape index (κ1) is 42.5. The summed E-state index contributed by atoms with van der Waals surface area (Å²) in [5.74, 6) is 2.33. The van der Waals surface area contributed by atoms with E-state index in [9.17, 15) is 15.3 Å². The van der Waals surface area contributed by atoms with Crippen LogP contribution in [0.5, 0.6) is 11.5 Å². The summed E-state index contributed by atoms with van der Waals surface area (Å²) in [5, 5.41) is 19.3. The molecule has 5 aromatic carbocycles. The maximum atomic E-state index is 12.7. The maximum Gasteiger partial charge on any atom is 0.375 e. The number of hydrogen-bond donors (Lipinski definition) is 1. The molecule has 1 N–H and O–H groups in total. The molecule has 0 unspecified atom stereocenters. The van der Waals surface area contributed by atoms with Gasteiger partial charge in [0.2, 0.25) is 0 Å². The van der Waals surface area contributed by atoms with Crippen molar-refractivity contribution in [3.63, 3.8) is 0 Å². The van der Waals surface area contributed by atoms with Crippen LogP contribution < -0.4 is 9.47 Å². The van der Waals surface area contributed by atoms with Crippen molar-refractivity contribution in [3.8, 4) is 57.8 Å². The molecule has 0 spiro atoms. The van der Waals surface area contributed by atoms with Gasteiger partial charge in [-0.25, -0.2) is 29.7 Å². The number of aromatic nitrogens is 8. The lowest BCUT2D eigenvalue weighted by Gasteiger charge is -2.09. The third kappa shape index (κ3) is 9.34.